The van der Waals surface area contributed by atoms with Crippen LogP contribution in [0.15, 0.2) is 30.6 Å². The fourth-order valence-electron chi connectivity index (χ4n) is 2.49. The van der Waals surface area contributed by atoms with Crippen LogP contribution in [0.1, 0.15) is 51.0 Å². The summed E-state index contributed by atoms with van der Waals surface area (Å²) in [7, 11) is 0. The van der Waals surface area contributed by atoms with Crippen LogP contribution >= 0.6 is 0 Å². The van der Waals surface area contributed by atoms with Crippen molar-refractivity contribution in [2.24, 2.45) is 0 Å². The lowest BCUT2D eigenvalue weighted by Gasteiger charge is -2.07. The van der Waals surface area contributed by atoms with Gasteiger partial charge in [0.1, 0.15) is 18.9 Å². The molecule has 1 aromatic carbocycles. The third-order valence-corrected chi connectivity index (χ3v) is 3.85. The van der Waals surface area contributed by atoms with E-state index >= 15 is 0 Å². The van der Waals surface area contributed by atoms with Crippen molar-refractivity contribution in [3.8, 4) is 5.75 Å². The number of ketones is 1. The molecule has 24 heavy (non-hydrogen) atoms. The quantitative estimate of drug-likeness (QED) is 0.559. The maximum Gasteiger partial charge on any atom is 0.193 e. The SMILES string of the molecule is CCCCCCCCc1ccc(OCC(=O)Cn2ncnn2)cc1. The van der Waals surface area contributed by atoms with Crippen molar-refractivity contribution in [1.29, 1.82) is 0 Å². The summed E-state index contributed by atoms with van der Waals surface area (Å²) < 4.78 is 5.50. The third-order valence-electron chi connectivity index (χ3n) is 3.85. The summed E-state index contributed by atoms with van der Waals surface area (Å²) in [4.78, 5) is 13.0. The maximum atomic E-state index is 11.7. The Morgan fingerprint density at radius 1 is 1.08 bits per heavy atom. The number of ether oxygens (including phenoxy) is 1. The first-order valence-corrected chi connectivity index (χ1v) is 8.72. The molecule has 2 aromatic rings. The monoisotopic (exact) mass is 330 g/mol. The lowest BCUT2D eigenvalue weighted by molar-refractivity contribution is -0.122. The second-order valence-electron chi connectivity index (χ2n) is 5.96. The van der Waals surface area contributed by atoms with E-state index in [0.29, 0.717) is 5.75 Å². The van der Waals surface area contributed by atoms with Gasteiger partial charge in [0.15, 0.2) is 12.1 Å². The highest BCUT2D eigenvalue weighted by Crippen LogP contribution is 2.15. The van der Waals surface area contributed by atoms with Gasteiger partial charge in [-0.15, -0.1) is 10.2 Å². The van der Waals surface area contributed by atoms with Crippen molar-refractivity contribution in [1.82, 2.24) is 20.2 Å². The number of carbonyl (C=O) groups is 1. The number of aryl methyl sites for hydroxylation is 1. The van der Waals surface area contributed by atoms with Gasteiger partial charge in [0, 0.05) is 0 Å². The number of carbonyl (C=O) groups excluding carboxylic acids is 1. The van der Waals surface area contributed by atoms with E-state index in [1.165, 1.54) is 55.2 Å². The molecular weight excluding hydrogens is 304 g/mol. The molecule has 1 aromatic heterocycles. The largest absolute Gasteiger partial charge is 0.486 e. The van der Waals surface area contributed by atoms with Crippen molar-refractivity contribution in [2.45, 2.75) is 58.4 Å². The number of aromatic nitrogens is 4. The van der Waals surface area contributed by atoms with E-state index in [1.807, 2.05) is 12.1 Å². The summed E-state index contributed by atoms with van der Waals surface area (Å²) in [6.45, 7) is 2.33. The zero-order valence-electron chi connectivity index (χ0n) is 14.4. The normalized spacial score (nSPS) is 10.7. The lowest BCUT2D eigenvalue weighted by Crippen LogP contribution is -2.19. The second kappa shape index (κ2) is 10.5. The predicted molar refractivity (Wildman–Crippen MR) is 91.8 cm³/mol. The molecule has 6 heteroatoms. The van der Waals surface area contributed by atoms with Crippen LogP contribution in [-0.4, -0.2) is 32.6 Å². The molecule has 0 aliphatic carbocycles. The molecule has 0 unspecified atom stereocenters. The van der Waals surface area contributed by atoms with Crippen molar-refractivity contribution in [2.75, 3.05) is 6.61 Å². The van der Waals surface area contributed by atoms with Gasteiger partial charge in [-0.25, -0.2) is 0 Å². The number of hydrogen-bond donors (Lipinski definition) is 0. The molecule has 1 heterocycles. The molecule has 130 valence electrons. The smallest absolute Gasteiger partial charge is 0.193 e. The fraction of sp³-hybridized carbons (Fsp3) is 0.556. The van der Waals surface area contributed by atoms with Gasteiger partial charge in [-0.1, -0.05) is 51.2 Å². The minimum Gasteiger partial charge on any atom is -0.486 e. The summed E-state index contributed by atoms with van der Waals surface area (Å²) in [6, 6.07) is 8.00. The Labute approximate surface area is 143 Å². The van der Waals surface area contributed by atoms with Crippen molar-refractivity contribution < 1.29 is 9.53 Å². The zero-order chi connectivity index (χ0) is 17.0. The molecule has 0 aliphatic rings. The van der Waals surface area contributed by atoms with Crippen LogP contribution in [0.5, 0.6) is 5.75 Å². The van der Waals surface area contributed by atoms with E-state index < -0.39 is 0 Å². The first-order valence-electron chi connectivity index (χ1n) is 8.72. The highest BCUT2D eigenvalue weighted by molar-refractivity contribution is 5.79. The first kappa shape index (κ1) is 18.1. The summed E-state index contributed by atoms with van der Waals surface area (Å²) in [6.07, 6.45) is 10.2. The minimum atomic E-state index is -0.0934. The van der Waals surface area contributed by atoms with Gasteiger partial charge >= 0.3 is 0 Å². The van der Waals surface area contributed by atoms with Gasteiger partial charge < -0.3 is 4.74 Å². The van der Waals surface area contributed by atoms with Crippen molar-refractivity contribution in [3.63, 3.8) is 0 Å². The Morgan fingerprint density at radius 3 is 2.54 bits per heavy atom. The molecule has 0 saturated carbocycles. The van der Waals surface area contributed by atoms with Crippen LogP contribution < -0.4 is 4.74 Å². The molecule has 0 bridgehead atoms. The van der Waals surface area contributed by atoms with Crippen molar-refractivity contribution in [3.05, 3.63) is 36.2 Å². The Bertz CT molecular complexity index is 582. The number of unbranched alkanes of at least 4 members (excludes halogenated alkanes) is 5. The standard InChI is InChI=1S/C18H26N4O2/c1-2-3-4-5-6-7-8-16-9-11-18(12-10-16)24-14-17(23)13-22-20-15-19-21-22/h9-12,15H,2-8,13-14H2,1H3. The number of nitrogens with zero attached hydrogens (tertiary/aromatic N) is 4. The number of Topliss-reactive ketones (excluding diaryl/α,β-unsaturated/α-hetero) is 1. The van der Waals surface area contributed by atoms with Gasteiger partial charge in [0.05, 0.1) is 0 Å². The summed E-state index contributed by atoms with van der Waals surface area (Å²) in [5, 5.41) is 11.0. The molecule has 0 saturated heterocycles. The number of hydrogen-bond acceptors (Lipinski definition) is 5. The number of tetrazole rings is 1. The minimum absolute atomic E-state index is 0.0122. The van der Waals surface area contributed by atoms with Crippen molar-refractivity contribution >= 4 is 5.78 Å². The van der Waals surface area contributed by atoms with E-state index in [-0.39, 0.29) is 18.9 Å². The Balaban J connectivity index is 1.63. The average molecular weight is 330 g/mol. The fourth-order valence-corrected chi connectivity index (χ4v) is 2.49. The highest BCUT2D eigenvalue weighted by atomic mass is 16.5. The number of benzene rings is 1. The van der Waals surface area contributed by atoms with Gasteiger partial charge in [0.2, 0.25) is 0 Å². The Morgan fingerprint density at radius 2 is 1.83 bits per heavy atom. The van der Waals surface area contributed by atoms with Crippen LogP contribution in [-0.2, 0) is 17.8 Å². The Hall–Kier alpha value is -2.24. The van der Waals surface area contributed by atoms with Crippen LogP contribution in [0.3, 0.4) is 0 Å². The van der Waals surface area contributed by atoms with E-state index in [4.69, 9.17) is 4.74 Å². The number of rotatable bonds is 12. The summed E-state index contributed by atoms with van der Waals surface area (Å²) >= 11 is 0. The zero-order valence-corrected chi connectivity index (χ0v) is 14.4. The van der Waals surface area contributed by atoms with Gasteiger partial charge in [0.25, 0.3) is 0 Å². The van der Waals surface area contributed by atoms with E-state index in [9.17, 15) is 4.79 Å². The van der Waals surface area contributed by atoms with E-state index in [0.717, 1.165) is 6.42 Å². The van der Waals surface area contributed by atoms with Crippen LogP contribution in [0.4, 0.5) is 0 Å². The highest BCUT2D eigenvalue weighted by Gasteiger charge is 2.06. The third kappa shape index (κ3) is 6.89. The van der Waals surface area contributed by atoms with E-state index in [2.05, 4.69) is 34.5 Å². The average Bonchev–Trinajstić information content (AvgIpc) is 3.10. The lowest BCUT2D eigenvalue weighted by atomic mass is 10.0. The molecule has 6 nitrogen and oxygen atoms in total. The molecule has 0 fully saturated rings. The first-order chi connectivity index (χ1) is 11.8. The van der Waals surface area contributed by atoms with Gasteiger partial charge in [-0.05, 0) is 35.8 Å². The van der Waals surface area contributed by atoms with E-state index in [1.54, 1.807) is 0 Å². The van der Waals surface area contributed by atoms with Crippen LogP contribution in [0, 0.1) is 0 Å². The second-order valence-corrected chi connectivity index (χ2v) is 5.96. The predicted octanol–water partition coefficient (Wildman–Crippen LogP) is 3.22. The molecule has 0 atom stereocenters. The van der Waals surface area contributed by atoms with Gasteiger partial charge in [-0.3, -0.25) is 4.79 Å². The molecule has 0 radical (unpaired) electrons. The molecule has 0 spiro atoms. The maximum absolute atomic E-state index is 11.7. The molecule has 0 N–H and O–H groups in total. The Kier molecular flexibility index (Phi) is 7.93. The molecule has 0 amide bonds. The molecule has 0 aliphatic heterocycles. The summed E-state index contributed by atoms with van der Waals surface area (Å²) in [5.41, 5.74) is 1.32. The van der Waals surface area contributed by atoms with Crippen LogP contribution in [0.25, 0.3) is 0 Å². The topological polar surface area (TPSA) is 69.9 Å². The molecule has 2 rings (SSSR count). The van der Waals surface area contributed by atoms with Gasteiger partial charge in [-0.2, -0.15) is 4.80 Å². The molecular formula is C18H26N4O2. The summed E-state index contributed by atoms with van der Waals surface area (Å²) in [5.74, 6) is 0.616. The van der Waals surface area contributed by atoms with Crippen LogP contribution in [0.2, 0.25) is 0 Å².